The maximum Gasteiger partial charge on any atom is 0.226 e. The van der Waals surface area contributed by atoms with E-state index in [2.05, 4.69) is 0 Å². The first-order valence-corrected chi connectivity index (χ1v) is 4.28. The number of rotatable bonds is 0. The van der Waals surface area contributed by atoms with Crippen LogP contribution in [0.15, 0.2) is 30.5 Å². The van der Waals surface area contributed by atoms with Crippen LogP contribution in [-0.2, 0) is 0 Å². The number of hydrogen-bond donors (Lipinski definition) is 0. The van der Waals surface area contributed by atoms with E-state index in [0.717, 1.165) is 26.8 Å². The zero-order chi connectivity index (χ0) is 9.42. The van der Waals surface area contributed by atoms with Crippen LogP contribution in [0.1, 0.15) is 11.1 Å². The highest BCUT2D eigenvalue weighted by atomic mass is 16.5. The van der Waals surface area contributed by atoms with Gasteiger partial charge >= 0.3 is 0 Å². The summed E-state index contributed by atoms with van der Waals surface area (Å²) in [4.78, 5) is 0. The van der Waals surface area contributed by atoms with Gasteiger partial charge in [0, 0.05) is 17.0 Å². The van der Waals surface area contributed by atoms with Crippen LogP contribution in [-0.4, -0.2) is 0 Å². The SMILES string of the molecule is Cc1ccc2ccc[n+]([O-])c2c1C. The Morgan fingerprint density at radius 3 is 2.69 bits per heavy atom. The molecule has 2 nitrogen and oxygen atoms in total. The molecule has 2 heteroatoms. The van der Waals surface area contributed by atoms with Gasteiger partial charge in [-0.25, -0.2) is 0 Å². The van der Waals surface area contributed by atoms with Crippen molar-refractivity contribution in [3.63, 3.8) is 0 Å². The molecule has 13 heavy (non-hydrogen) atoms. The quantitative estimate of drug-likeness (QED) is 0.442. The van der Waals surface area contributed by atoms with Crippen LogP contribution in [0.5, 0.6) is 0 Å². The summed E-state index contributed by atoms with van der Waals surface area (Å²) in [6, 6.07) is 7.74. The van der Waals surface area contributed by atoms with E-state index in [-0.39, 0.29) is 0 Å². The van der Waals surface area contributed by atoms with E-state index in [4.69, 9.17) is 0 Å². The van der Waals surface area contributed by atoms with Gasteiger partial charge < -0.3 is 5.21 Å². The molecule has 0 aliphatic carbocycles. The van der Waals surface area contributed by atoms with Crippen molar-refractivity contribution < 1.29 is 4.73 Å². The lowest BCUT2D eigenvalue weighted by atomic mass is 10.1. The molecule has 0 spiro atoms. The summed E-state index contributed by atoms with van der Waals surface area (Å²) < 4.78 is 0.928. The highest BCUT2D eigenvalue weighted by Gasteiger charge is 2.07. The molecule has 0 saturated carbocycles. The van der Waals surface area contributed by atoms with E-state index in [1.165, 1.54) is 6.20 Å². The monoisotopic (exact) mass is 173 g/mol. The number of aromatic nitrogens is 1. The third-order valence-electron chi connectivity index (χ3n) is 2.45. The Bertz CT molecular complexity index is 463. The van der Waals surface area contributed by atoms with Crippen molar-refractivity contribution in [2.24, 2.45) is 0 Å². The van der Waals surface area contributed by atoms with E-state index in [1.54, 1.807) is 6.07 Å². The van der Waals surface area contributed by atoms with Gasteiger partial charge in [-0.05, 0) is 31.5 Å². The molecule has 1 heterocycles. The van der Waals surface area contributed by atoms with E-state index < -0.39 is 0 Å². The Kier molecular flexibility index (Phi) is 1.69. The first-order valence-electron chi connectivity index (χ1n) is 4.28. The molecule has 0 N–H and O–H groups in total. The highest BCUT2D eigenvalue weighted by Crippen LogP contribution is 2.17. The second-order valence-corrected chi connectivity index (χ2v) is 3.28. The first-order chi connectivity index (χ1) is 6.20. The highest BCUT2D eigenvalue weighted by molar-refractivity contribution is 5.79. The summed E-state index contributed by atoms with van der Waals surface area (Å²) in [5, 5.41) is 12.5. The number of nitrogens with zero attached hydrogens (tertiary/aromatic N) is 1. The molecule has 1 aromatic carbocycles. The van der Waals surface area contributed by atoms with Gasteiger partial charge in [0.1, 0.15) is 0 Å². The molecule has 0 fully saturated rings. The molecule has 0 saturated heterocycles. The predicted molar refractivity (Wildman–Crippen MR) is 52.4 cm³/mol. The van der Waals surface area contributed by atoms with Crippen molar-refractivity contribution in [2.75, 3.05) is 0 Å². The maximum absolute atomic E-state index is 11.5. The minimum absolute atomic E-state index is 0.780. The lowest BCUT2D eigenvalue weighted by Crippen LogP contribution is -2.26. The molecule has 0 amide bonds. The molecule has 0 radical (unpaired) electrons. The zero-order valence-electron chi connectivity index (χ0n) is 7.74. The Hall–Kier alpha value is -1.57. The number of hydrogen-bond acceptors (Lipinski definition) is 1. The van der Waals surface area contributed by atoms with Gasteiger partial charge in [-0.3, -0.25) is 0 Å². The molecule has 2 rings (SSSR count). The lowest BCUT2D eigenvalue weighted by molar-refractivity contribution is -0.577. The van der Waals surface area contributed by atoms with Crippen molar-refractivity contribution in [3.05, 3.63) is 46.8 Å². The van der Waals surface area contributed by atoms with Gasteiger partial charge in [0.05, 0.1) is 0 Å². The van der Waals surface area contributed by atoms with Crippen LogP contribution >= 0.6 is 0 Å². The van der Waals surface area contributed by atoms with Crippen molar-refractivity contribution >= 4 is 10.9 Å². The molecule has 0 bridgehead atoms. The number of benzene rings is 1. The van der Waals surface area contributed by atoms with E-state index in [9.17, 15) is 5.21 Å². The number of fused-ring (bicyclic) bond motifs is 1. The summed E-state index contributed by atoms with van der Waals surface area (Å²) in [5.74, 6) is 0. The third kappa shape index (κ3) is 1.15. The average Bonchev–Trinajstić information content (AvgIpc) is 2.12. The third-order valence-corrected chi connectivity index (χ3v) is 2.45. The summed E-state index contributed by atoms with van der Waals surface area (Å²) in [5.41, 5.74) is 3.00. The van der Waals surface area contributed by atoms with E-state index in [0.29, 0.717) is 0 Å². The topological polar surface area (TPSA) is 26.9 Å². The minimum atomic E-state index is 0.780. The summed E-state index contributed by atoms with van der Waals surface area (Å²) in [6.07, 6.45) is 1.54. The Labute approximate surface area is 77.0 Å². The standard InChI is InChI=1S/C11H11NO/c1-8-5-6-10-4-3-7-12(13)11(10)9(8)2/h3-7H,1-2H3. The fourth-order valence-electron chi connectivity index (χ4n) is 1.55. The van der Waals surface area contributed by atoms with Gasteiger partial charge in [-0.15, -0.1) is 0 Å². The Balaban J connectivity index is 2.97. The molecule has 0 aliphatic heterocycles. The van der Waals surface area contributed by atoms with Crippen LogP contribution in [0.3, 0.4) is 0 Å². The van der Waals surface area contributed by atoms with Gasteiger partial charge in [0.25, 0.3) is 0 Å². The van der Waals surface area contributed by atoms with Crippen molar-refractivity contribution in [3.8, 4) is 0 Å². The summed E-state index contributed by atoms with van der Waals surface area (Å²) in [6.45, 7) is 3.99. The van der Waals surface area contributed by atoms with Crippen molar-refractivity contribution in [1.82, 2.24) is 0 Å². The van der Waals surface area contributed by atoms with Crippen molar-refractivity contribution in [1.29, 1.82) is 0 Å². The van der Waals surface area contributed by atoms with Gasteiger partial charge in [0.15, 0.2) is 6.20 Å². The Morgan fingerprint density at radius 2 is 1.92 bits per heavy atom. The molecule has 0 atom stereocenters. The molecular formula is C11H11NO. The van der Waals surface area contributed by atoms with Crippen LogP contribution in [0.2, 0.25) is 0 Å². The normalized spacial score (nSPS) is 10.6. The largest absolute Gasteiger partial charge is 0.618 e. The minimum Gasteiger partial charge on any atom is -0.618 e. The average molecular weight is 173 g/mol. The van der Waals surface area contributed by atoms with Gasteiger partial charge in [-0.1, -0.05) is 6.07 Å². The lowest BCUT2D eigenvalue weighted by Gasteiger charge is -2.05. The van der Waals surface area contributed by atoms with E-state index >= 15 is 0 Å². The van der Waals surface area contributed by atoms with Crippen LogP contribution in [0, 0.1) is 19.1 Å². The second kappa shape index (κ2) is 2.73. The molecule has 1 aromatic heterocycles. The Morgan fingerprint density at radius 1 is 1.15 bits per heavy atom. The van der Waals surface area contributed by atoms with E-state index in [1.807, 2.05) is 32.0 Å². The molecule has 66 valence electrons. The van der Waals surface area contributed by atoms with Gasteiger partial charge in [0.2, 0.25) is 5.52 Å². The van der Waals surface area contributed by atoms with Crippen LogP contribution in [0.25, 0.3) is 10.9 Å². The molecular weight excluding hydrogens is 162 g/mol. The fraction of sp³-hybridized carbons (Fsp3) is 0.182. The molecule has 0 unspecified atom stereocenters. The predicted octanol–water partition coefficient (Wildman–Crippen LogP) is 2.09. The fourth-order valence-corrected chi connectivity index (χ4v) is 1.55. The molecule has 2 aromatic rings. The maximum atomic E-state index is 11.5. The van der Waals surface area contributed by atoms with Crippen molar-refractivity contribution in [2.45, 2.75) is 13.8 Å². The van der Waals surface area contributed by atoms with Crippen LogP contribution in [0.4, 0.5) is 0 Å². The van der Waals surface area contributed by atoms with Crippen LogP contribution < -0.4 is 4.73 Å². The number of aryl methyl sites for hydroxylation is 2. The summed E-state index contributed by atoms with van der Waals surface area (Å²) >= 11 is 0. The first kappa shape index (κ1) is 8.05. The second-order valence-electron chi connectivity index (χ2n) is 3.28. The zero-order valence-corrected chi connectivity index (χ0v) is 7.74. The van der Waals surface area contributed by atoms with Gasteiger partial charge in [-0.2, -0.15) is 4.73 Å². The number of pyridine rings is 1. The molecule has 0 aliphatic rings. The summed E-state index contributed by atoms with van der Waals surface area (Å²) in [7, 11) is 0. The smallest absolute Gasteiger partial charge is 0.226 e.